The Balaban J connectivity index is 1.45. The zero-order valence-corrected chi connectivity index (χ0v) is 16.2. The van der Waals surface area contributed by atoms with E-state index < -0.39 is 0 Å². The summed E-state index contributed by atoms with van der Waals surface area (Å²) >= 11 is 1.37. The molecule has 2 aromatic carbocycles. The maximum Gasteiger partial charge on any atom is 0.231 e. The van der Waals surface area contributed by atoms with Gasteiger partial charge in [0.05, 0.1) is 26.3 Å². The van der Waals surface area contributed by atoms with Crippen LogP contribution in [0.25, 0.3) is 11.3 Å². The normalized spacial score (nSPS) is 11.9. The SMILES string of the molecule is COc1ccc(CC(=O)Nc2nc(-c3ccc4c(c3)OCO4)cs2)c(OC)c1. The van der Waals surface area contributed by atoms with E-state index in [9.17, 15) is 4.79 Å². The highest BCUT2D eigenvalue weighted by Gasteiger charge is 2.16. The highest BCUT2D eigenvalue weighted by Crippen LogP contribution is 2.36. The molecule has 0 bridgehead atoms. The van der Waals surface area contributed by atoms with Gasteiger partial charge >= 0.3 is 0 Å². The van der Waals surface area contributed by atoms with Gasteiger partial charge in [-0.1, -0.05) is 6.07 Å². The molecule has 0 saturated carbocycles. The van der Waals surface area contributed by atoms with Crippen LogP contribution in [0.1, 0.15) is 5.56 Å². The Morgan fingerprint density at radius 3 is 2.82 bits per heavy atom. The number of ether oxygens (including phenoxy) is 4. The number of hydrogen-bond acceptors (Lipinski definition) is 7. The molecule has 3 aromatic rings. The Bertz CT molecular complexity index is 1020. The Kier molecular flexibility index (Phi) is 5.03. The first-order valence-corrected chi connectivity index (χ1v) is 9.40. The van der Waals surface area contributed by atoms with Gasteiger partial charge in [-0.3, -0.25) is 4.79 Å². The standard InChI is InChI=1S/C20H18N2O5S/c1-24-14-5-3-13(17(9-14)25-2)8-19(23)22-20-21-15(10-28-20)12-4-6-16-18(7-12)27-11-26-16/h3-7,9-10H,8,11H2,1-2H3,(H,21,22,23). The van der Waals surface area contributed by atoms with Crippen molar-refractivity contribution in [2.75, 3.05) is 26.3 Å². The van der Waals surface area contributed by atoms with Crippen molar-refractivity contribution >= 4 is 22.4 Å². The van der Waals surface area contributed by atoms with E-state index >= 15 is 0 Å². The lowest BCUT2D eigenvalue weighted by Gasteiger charge is -2.10. The zero-order chi connectivity index (χ0) is 19.5. The van der Waals surface area contributed by atoms with Crippen molar-refractivity contribution in [3.63, 3.8) is 0 Å². The van der Waals surface area contributed by atoms with Gasteiger partial charge in [-0.15, -0.1) is 11.3 Å². The lowest BCUT2D eigenvalue weighted by Crippen LogP contribution is -2.14. The average molecular weight is 398 g/mol. The molecule has 1 aliphatic rings. The number of anilines is 1. The van der Waals surface area contributed by atoms with Gasteiger partial charge in [0.25, 0.3) is 0 Å². The second kappa shape index (κ2) is 7.77. The number of nitrogens with zero attached hydrogens (tertiary/aromatic N) is 1. The summed E-state index contributed by atoms with van der Waals surface area (Å²) in [4.78, 5) is 16.9. The van der Waals surface area contributed by atoms with Crippen molar-refractivity contribution in [1.82, 2.24) is 4.98 Å². The molecule has 2 heterocycles. The first-order valence-electron chi connectivity index (χ1n) is 8.52. The van der Waals surface area contributed by atoms with Crippen LogP contribution in [0, 0.1) is 0 Å². The van der Waals surface area contributed by atoms with E-state index in [1.165, 1.54) is 11.3 Å². The van der Waals surface area contributed by atoms with Crippen LogP contribution in [0.3, 0.4) is 0 Å². The number of aromatic nitrogens is 1. The number of hydrogen-bond donors (Lipinski definition) is 1. The summed E-state index contributed by atoms with van der Waals surface area (Å²) in [5.74, 6) is 2.53. The molecule has 0 saturated heterocycles. The predicted octanol–water partition coefficient (Wildman–Crippen LogP) is 3.74. The van der Waals surface area contributed by atoms with Crippen molar-refractivity contribution in [2.45, 2.75) is 6.42 Å². The van der Waals surface area contributed by atoms with Gasteiger partial charge in [0.15, 0.2) is 16.6 Å². The van der Waals surface area contributed by atoms with Gasteiger partial charge in [0.2, 0.25) is 12.7 Å². The molecule has 144 valence electrons. The summed E-state index contributed by atoms with van der Waals surface area (Å²) in [6.07, 6.45) is 0.173. The summed E-state index contributed by atoms with van der Waals surface area (Å²) in [7, 11) is 3.15. The molecule has 7 nitrogen and oxygen atoms in total. The molecule has 0 spiro atoms. The Morgan fingerprint density at radius 2 is 2.00 bits per heavy atom. The summed E-state index contributed by atoms with van der Waals surface area (Å²) in [5, 5.41) is 5.26. The van der Waals surface area contributed by atoms with Gasteiger partial charge in [0.1, 0.15) is 11.5 Å². The molecule has 4 rings (SSSR count). The maximum atomic E-state index is 12.4. The maximum absolute atomic E-state index is 12.4. The molecule has 1 N–H and O–H groups in total. The zero-order valence-electron chi connectivity index (χ0n) is 15.4. The van der Waals surface area contributed by atoms with E-state index in [0.717, 1.165) is 22.6 Å². The van der Waals surface area contributed by atoms with Crippen LogP contribution in [-0.4, -0.2) is 31.9 Å². The summed E-state index contributed by atoms with van der Waals surface area (Å²) in [6.45, 7) is 0.228. The minimum atomic E-state index is -0.171. The molecule has 28 heavy (non-hydrogen) atoms. The Hall–Kier alpha value is -3.26. The molecule has 0 atom stereocenters. The highest BCUT2D eigenvalue weighted by atomic mass is 32.1. The van der Waals surface area contributed by atoms with E-state index in [0.29, 0.717) is 22.4 Å². The molecule has 8 heteroatoms. The van der Waals surface area contributed by atoms with Crippen LogP contribution in [0.4, 0.5) is 5.13 Å². The van der Waals surface area contributed by atoms with Crippen molar-refractivity contribution in [2.24, 2.45) is 0 Å². The van der Waals surface area contributed by atoms with Crippen molar-refractivity contribution in [1.29, 1.82) is 0 Å². The molecule has 1 amide bonds. The molecular formula is C20H18N2O5S. The van der Waals surface area contributed by atoms with Gasteiger partial charge in [-0.25, -0.2) is 4.98 Å². The van der Waals surface area contributed by atoms with Crippen LogP contribution in [0.5, 0.6) is 23.0 Å². The van der Waals surface area contributed by atoms with E-state index in [-0.39, 0.29) is 19.1 Å². The van der Waals surface area contributed by atoms with Crippen LogP contribution < -0.4 is 24.3 Å². The molecule has 0 radical (unpaired) electrons. The Morgan fingerprint density at radius 1 is 1.14 bits per heavy atom. The number of fused-ring (bicyclic) bond motifs is 1. The summed E-state index contributed by atoms with van der Waals surface area (Å²) < 4.78 is 21.2. The fraction of sp³-hybridized carbons (Fsp3) is 0.200. The number of rotatable bonds is 6. The third-order valence-electron chi connectivity index (χ3n) is 4.26. The van der Waals surface area contributed by atoms with Crippen LogP contribution >= 0.6 is 11.3 Å². The monoisotopic (exact) mass is 398 g/mol. The quantitative estimate of drug-likeness (QED) is 0.682. The molecule has 0 unspecified atom stereocenters. The molecular weight excluding hydrogens is 380 g/mol. The summed E-state index contributed by atoms with van der Waals surface area (Å²) in [5.41, 5.74) is 2.44. The Labute approximate surface area is 165 Å². The third kappa shape index (κ3) is 3.72. The fourth-order valence-electron chi connectivity index (χ4n) is 2.85. The largest absolute Gasteiger partial charge is 0.497 e. The minimum Gasteiger partial charge on any atom is -0.497 e. The first-order chi connectivity index (χ1) is 13.7. The third-order valence-corrected chi connectivity index (χ3v) is 5.02. The van der Waals surface area contributed by atoms with Gasteiger partial charge in [-0.05, 0) is 24.3 Å². The van der Waals surface area contributed by atoms with Crippen LogP contribution in [-0.2, 0) is 11.2 Å². The van der Waals surface area contributed by atoms with E-state index in [2.05, 4.69) is 10.3 Å². The second-order valence-electron chi connectivity index (χ2n) is 6.01. The molecule has 0 fully saturated rings. The highest BCUT2D eigenvalue weighted by molar-refractivity contribution is 7.14. The predicted molar refractivity (Wildman–Crippen MR) is 106 cm³/mol. The van der Waals surface area contributed by atoms with Crippen molar-refractivity contribution in [3.05, 3.63) is 47.3 Å². The van der Waals surface area contributed by atoms with Crippen molar-refractivity contribution < 1.29 is 23.7 Å². The molecule has 0 aliphatic carbocycles. The number of carbonyl (C=O) groups excluding carboxylic acids is 1. The smallest absolute Gasteiger partial charge is 0.231 e. The summed E-state index contributed by atoms with van der Waals surface area (Å²) in [6, 6.07) is 11.0. The lowest BCUT2D eigenvalue weighted by atomic mass is 10.1. The number of methoxy groups -OCH3 is 2. The van der Waals surface area contributed by atoms with Gasteiger partial charge in [0, 0.05) is 22.6 Å². The van der Waals surface area contributed by atoms with E-state index in [1.54, 1.807) is 26.4 Å². The van der Waals surface area contributed by atoms with E-state index in [4.69, 9.17) is 18.9 Å². The van der Waals surface area contributed by atoms with E-state index in [1.807, 2.05) is 29.6 Å². The second-order valence-corrected chi connectivity index (χ2v) is 6.87. The number of nitrogens with one attached hydrogen (secondary N) is 1. The van der Waals surface area contributed by atoms with Crippen molar-refractivity contribution in [3.8, 4) is 34.3 Å². The van der Waals surface area contributed by atoms with Gasteiger partial charge < -0.3 is 24.3 Å². The average Bonchev–Trinajstić information content (AvgIpc) is 3.36. The lowest BCUT2D eigenvalue weighted by molar-refractivity contribution is -0.115. The van der Waals surface area contributed by atoms with Gasteiger partial charge in [-0.2, -0.15) is 0 Å². The minimum absolute atomic E-state index is 0.171. The van der Waals surface area contributed by atoms with Crippen LogP contribution in [0.2, 0.25) is 0 Å². The topological polar surface area (TPSA) is 78.9 Å². The number of amides is 1. The molecule has 1 aromatic heterocycles. The number of carbonyl (C=O) groups is 1. The number of thiazole rings is 1. The fourth-order valence-corrected chi connectivity index (χ4v) is 3.59. The first kappa shape index (κ1) is 18.1. The number of benzene rings is 2. The molecule has 1 aliphatic heterocycles. The van der Waals surface area contributed by atoms with Crippen LogP contribution in [0.15, 0.2) is 41.8 Å².